The number of hydrogen-bond donors (Lipinski definition) is 2. The van der Waals surface area contributed by atoms with Crippen LogP contribution in [0, 0.1) is 0 Å². The topological polar surface area (TPSA) is 77.4 Å². The third-order valence-corrected chi connectivity index (χ3v) is 5.92. The lowest BCUT2D eigenvalue weighted by molar-refractivity contribution is 0.409. The summed E-state index contributed by atoms with van der Waals surface area (Å²) in [5.74, 6) is 1.93. The summed E-state index contributed by atoms with van der Waals surface area (Å²) in [6.45, 7) is 12.1. The molecule has 10 heteroatoms. The van der Waals surface area contributed by atoms with Gasteiger partial charge in [-0.25, -0.2) is 0 Å². The predicted molar refractivity (Wildman–Crippen MR) is 134 cm³/mol. The van der Waals surface area contributed by atoms with E-state index in [1.807, 2.05) is 53.7 Å². The third-order valence-electron chi connectivity index (χ3n) is 4.84. The molecule has 0 aliphatic heterocycles. The van der Waals surface area contributed by atoms with Crippen LogP contribution in [0.25, 0.3) is 11.1 Å². The second-order valence-corrected chi connectivity index (χ2v) is 12.2. The molecule has 0 radical (unpaired) electrons. The van der Waals surface area contributed by atoms with E-state index in [4.69, 9.17) is 41.0 Å². The zero-order valence-electron chi connectivity index (χ0n) is 19.5. The highest BCUT2D eigenvalue weighted by atomic mass is 35.7. The van der Waals surface area contributed by atoms with Gasteiger partial charge in [0.2, 0.25) is 0 Å². The molecular weight excluding hydrogens is 493 g/mol. The Balaban J connectivity index is 3.06. The van der Waals surface area contributed by atoms with Crippen molar-refractivity contribution < 1.29 is 28.3 Å². The van der Waals surface area contributed by atoms with Gasteiger partial charge in [0.1, 0.15) is 23.0 Å². The molecular formula is C22H30Cl2O6P2. The number of ether oxygens (including phenoxy) is 2. The molecule has 0 aliphatic carbocycles. The van der Waals surface area contributed by atoms with Gasteiger partial charge < -0.3 is 28.3 Å². The summed E-state index contributed by atoms with van der Waals surface area (Å²) in [4.78, 5) is 19.9. The Hall–Kier alpha value is -1.000. The first-order valence-electron chi connectivity index (χ1n) is 9.80. The van der Waals surface area contributed by atoms with Crippen molar-refractivity contribution in [3.05, 3.63) is 35.4 Å². The van der Waals surface area contributed by atoms with Crippen LogP contribution in [0.3, 0.4) is 0 Å². The highest BCUT2D eigenvalue weighted by Crippen LogP contribution is 2.54. The molecule has 2 aromatic rings. The van der Waals surface area contributed by atoms with Crippen molar-refractivity contribution in [2.75, 3.05) is 14.2 Å². The smallest absolute Gasteiger partial charge is 0.335 e. The van der Waals surface area contributed by atoms with E-state index < -0.39 is 15.5 Å². The maximum absolute atomic E-state index is 9.96. The minimum atomic E-state index is -2.24. The van der Waals surface area contributed by atoms with Gasteiger partial charge in [-0.2, -0.15) is 0 Å². The summed E-state index contributed by atoms with van der Waals surface area (Å²) in [7, 11) is -1.34. The van der Waals surface area contributed by atoms with E-state index in [1.165, 1.54) is 0 Å². The van der Waals surface area contributed by atoms with Crippen LogP contribution in [-0.2, 0) is 10.8 Å². The van der Waals surface area contributed by atoms with Crippen LogP contribution < -0.4 is 18.5 Å². The first-order chi connectivity index (χ1) is 14.7. The lowest BCUT2D eigenvalue weighted by Gasteiger charge is -2.29. The van der Waals surface area contributed by atoms with Gasteiger partial charge in [0.15, 0.2) is 0 Å². The number of methoxy groups -OCH3 is 2. The van der Waals surface area contributed by atoms with E-state index in [0.717, 1.165) is 11.1 Å². The van der Waals surface area contributed by atoms with Crippen LogP contribution >= 0.6 is 37.9 Å². The van der Waals surface area contributed by atoms with Gasteiger partial charge in [0, 0.05) is 22.3 Å². The molecule has 32 heavy (non-hydrogen) atoms. The zero-order chi connectivity index (χ0) is 24.4. The maximum Gasteiger partial charge on any atom is 0.335 e. The predicted octanol–water partition coefficient (Wildman–Crippen LogP) is 7.64. The van der Waals surface area contributed by atoms with E-state index in [0.29, 0.717) is 34.1 Å². The van der Waals surface area contributed by atoms with Crippen LogP contribution in [0.15, 0.2) is 24.3 Å². The van der Waals surface area contributed by atoms with E-state index in [9.17, 15) is 9.79 Å². The number of benzene rings is 2. The molecule has 0 fully saturated rings. The van der Waals surface area contributed by atoms with Gasteiger partial charge >= 0.3 is 15.5 Å². The van der Waals surface area contributed by atoms with Crippen molar-refractivity contribution >= 4 is 37.9 Å². The molecule has 2 unspecified atom stereocenters. The maximum atomic E-state index is 9.96. The van der Waals surface area contributed by atoms with Crippen LogP contribution in [0.2, 0.25) is 0 Å². The van der Waals surface area contributed by atoms with Crippen molar-refractivity contribution in [3.63, 3.8) is 0 Å². The lowest BCUT2D eigenvalue weighted by atomic mass is 9.81. The van der Waals surface area contributed by atoms with Crippen molar-refractivity contribution in [2.45, 2.75) is 52.4 Å². The Morgan fingerprint density at radius 2 is 0.969 bits per heavy atom. The fourth-order valence-corrected chi connectivity index (χ4v) is 4.41. The van der Waals surface area contributed by atoms with Crippen molar-refractivity contribution in [1.82, 2.24) is 0 Å². The molecule has 178 valence electrons. The quantitative estimate of drug-likeness (QED) is 0.364. The summed E-state index contributed by atoms with van der Waals surface area (Å²) < 4.78 is 22.6. The van der Waals surface area contributed by atoms with Crippen molar-refractivity contribution in [3.8, 4) is 34.1 Å². The SMILES string of the molecule is COc1cc(-c2cc(OC)cc(C(C)(C)C)c2OP(O)Cl)c(OP(O)Cl)c(C(C)(C)C)c1. The van der Waals surface area contributed by atoms with E-state index in [-0.39, 0.29) is 10.8 Å². The average molecular weight is 523 g/mol. The number of hydrogen-bond acceptors (Lipinski definition) is 6. The summed E-state index contributed by atoms with van der Waals surface area (Å²) >= 11 is 11.8. The van der Waals surface area contributed by atoms with Gasteiger partial charge in [-0.05, 0) is 57.6 Å². The molecule has 6 nitrogen and oxygen atoms in total. The Bertz CT molecular complexity index is 875. The number of rotatable bonds is 7. The molecule has 2 atom stereocenters. The summed E-state index contributed by atoms with van der Waals surface area (Å²) in [6.07, 6.45) is 0. The van der Waals surface area contributed by atoms with E-state index in [2.05, 4.69) is 0 Å². The second-order valence-electron chi connectivity index (χ2n) is 9.24. The second kappa shape index (κ2) is 10.5. The van der Waals surface area contributed by atoms with Gasteiger partial charge in [-0.3, -0.25) is 0 Å². The standard InChI is InChI=1S/C22H30Cl2O6P2/c1-21(2,3)17-11-13(27-7)9-15(19(17)29-31(23)25)16-10-14(28-8)12-18(22(4,5)6)20(16)30-32(24)26/h9-12,25-26H,1-8H3. The number of halogens is 2. The molecule has 0 spiro atoms. The normalized spacial score (nSPS) is 14.0. The molecule has 2 aromatic carbocycles. The first kappa shape index (κ1) is 27.2. The van der Waals surface area contributed by atoms with Crippen LogP contribution in [-0.4, -0.2) is 24.0 Å². The van der Waals surface area contributed by atoms with Crippen LogP contribution in [0.1, 0.15) is 52.7 Å². The third kappa shape index (κ3) is 6.53. The highest BCUT2D eigenvalue weighted by Gasteiger charge is 2.30. The fourth-order valence-electron chi connectivity index (χ4n) is 3.30. The molecule has 0 aliphatic rings. The summed E-state index contributed by atoms with van der Waals surface area (Å²) in [6, 6.07) is 7.23. The Morgan fingerprint density at radius 3 is 1.19 bits per heavy atom. The van der Waals surface area contributed by atoms with Gasteiger partial charge in [-0.15, -0.1) is 0 Å². The van der Waals surface area contributed by atoms with E-state index >= 15 is 0 Å². The molecule has 2 N–H and O–H groups in total. The van der Waals surface area contributed by atoms with Crippen molar-refractivity contribution in [2.24, 2.45) is 0 Å². The Labute approximate surface area is 202 Å². The average Bonchev–Trinajstić information content (AvgIpc) is 2.65. The van der Waals surface area contributed by atoms with Crippen molar-refractivity contribution in [1.29, 1.82) is 0 Å². The fraction of sp³-hybridized carbons (Fsp3) is 0.455. The minimum Gasteiger partial charge on any atom is -0.497 e. The molecule has 0 saturated carbocycles. The Morgan fingerprint density at radius 1 is 0.656 bits per heavy atom. The molecule has 0 amide bonds. The molecule has 0 saturated heterocycles. The van der Waals surface area contributed by atoms with Crippen LogP contribution in [0.4, 0.5) is 0 Å². The monoisotopic (exact) mass is 522 g/mol. The van der Waals surface area contributed by atoms with Gasteiger partial charge in [0.05, 0.1) is 14.2 Å². The molecule has 0 heterocycles. The molecule has 2 rings (SSSR count). The summed E-state index contributed by atoms with van der Waals surface area (Å²) in [5.41, 5.74) is 1.93. The Kier molecular flexibility index (Phi) is 8.95. The van der Waals surface area contributed by atoms with Crippen LogP contribution in [0.5, 0.6) is 23.0 Å². The molecule has 0 bridgehead atoms. The highest BCUT2D eigenvalue weighted by molar-refractivity contribution is 7.75. The van der Waals surface area contributed by atoms with E-state index in [1.54, 1.807) is 26.4 Å². The largest absolute Gasteiger partial charge is 0.497 e. The zero-order valence-corrected chi connectivity index (χ0v) is 22.8. The summed E-state index contributed by atoms with van der Waals surface area (Å²) in [5, 5.41) is 0. The van der Waals surface area contributed by atoms with Gasteiger partial charge in [0.25, 0.3) is 0 Å². The van der Waals surface area contributed by atoms with Gasteiger partial charge in [-0.1, -0.05) is 41.5 Å². The molecule has 0 aromatic heterocycles. The minimum absolute atomic E-state index is 0.371. The first-order valence-corrected chi connectivity index (χ1v) is 14.0. The lowest BCUT2D eigenvalue weighted by Crippen LogP contribution is -2.15.